The summed E-state index contributed by atoms with van der Waals surface area (Å²) < 4.78 is 17.2. The van der Waals surface area contributed by atoms with Gasteiger partial charge in [0.25, 0.3) is 0 Å². The Bertz CT molecular complexity index is 351. The first-order valence-corrected chi connectivity index (χ1v) is 5.66. The number of hydrogen-bond acceptors (Lipinski definition) is 3. The van der Waals surface area contributed by atoms with Crippen molar-refractivity contribution in [3.63, 3.8) is 0 Å². The Hall–Kier alpha value is -1.42. The van der Waals surface area contributed by atoms with Crippen molar-refractivity contribution in [1.29, 1.82) is 0 Å². The van der Waals surface area contributed by atoms with E-state index in [0.717, 1.165) is 18.5 Å². The van der Waals surface area contributed by atoms with Gasteiger partial charge >= 0.3 is 5.97 Å². The molecule has 1 N–H and O–H groups in total. The number of benzene rings is 1. The molecule has 0 saturated carbocycles. The summed E-state index contributed by atoms with van der Waals surface area (Å²) in [6, 6.07) is 6.52. The van der Waals surface area contributed by atoms with Crippen molar-refractivity contribution in [2.75, 3.05) is 13.7 Å². The second-order valence-corrected chi connectivity index (χ2v) is 4.01. The summed E-state index contributed by atoms with van der Waals surface area (Å²) in [6.07, 6.45) is 1.17. The maximum atomic E-state index is 12.7. The molecule has 0 spiro atoms. The van der Waals surface area contributed by atoms with E-state index >= 15 is 0 Å². The first kappa shape index (κ1) is 13.6. The van der Waals surface area contributed by atoms with E-state index in [9.17, 15) is 9.18 Å². The molecule has 0 saturated heterocycles. The summed E-state index contributed by atoms with van der Waals surface area (Å²) in [5.41, 5.74) is 1.07. The van der Waals surface area contributed by atoms with Crippen LogP contribution in [0.2, 0.25) is 0 Å². The predicted octanol–water partition coefficient (Wildman–Crippen LogP) is 1.91. The van der Waals surface area contributed by atoms with Crippen LogP contribution in [-0.4, -0.2) is 25.7 Å². The van der Waals surface area contributed by atoms with Gasteiger partial charge in [-0.3, -0.25) is 4.79 Å². The monoisotopic (exact) mass is 239 g/mol. The Kier molecular flexibility index (Phi) is 5.63. The molecule has 0 unspecified atom stereocenters. The van der Waals surface area contributed by atoms with Crippen LogP contribution in [0.4, 0.5) is 4.39 Å². The zero-order valence-corrected chi connectivity index (χ0v) is 10.2. The highest BCUT2D eigenvalue weighted by Gasteiger charge is 2.07. The molecule has 1 atom stereocenters. The van der Waals surface area contributed by atoms with Crippen LogP contribution in [0.1, 0.15) is 18.9 Å². The van der Waals surface area contributed by atoms with Crippen molar-refractivity contribution in [2.45, 2.75) is 25.8 Å². The number of carbonyl (C=O) groups is 1. The minimum atomic E-state index is -0.222. The third-order valence-corrected chi connectivity index (χ3v) is 2.52. The maximum absolute atomic E-state index is 12.7. The lowest BCUT2D eigenvalue weighted by Crippen LogP contribution is -2.30. The Balaban J connectivity index is 2.23. The highest BCUT2D eigenvalue weighted by atomic mass is 19.1. The third-order valence-electron chi connectivity index (χ3n) is 2.52. The van der Waals surface area contributed by atoms with Crippen molar-refractivity contribution >= 4 is 5.97 Å². The van der Waals surface area contributed by atoms with Gasteiger partial charge in [-0.2, -0.15) is 0 Å². The van der Waals surface area contributed by atoms with Gasteiger partial charge in [0.05, 0.1) is 13.5 Å². The molecule has 0 radical (unpaired) electrons. The van der Waals surface area contributed by atoms with E-state index in [1.165, 1.54) is 19.2 Å². The fourth-order valence-corrected chi connectivity index (χ4v) is 1.52. The summed E-state index contributed by atoms with van der Waals surface area (Å²) in [5.74, 6) is -0.437. The van der Waals surface area contributed by atoms with Gasteiger partial charge in [0.2, 0.25) is 0 Å². The second-order valence-electron chi connectivity index (χ2n) is 4.01. The zero-order chi connectivity index (χ0) is 12.7. The Morgan fingerprint density at radius 3 is 2.65 bits per heavy atom. The molecule has 1 aromatic carbocycles. The fraction of sp³-hybridized carbons (Fsp3) is 0.462. The smallest absolute Gasteiger partial charge is 0.307 e. The average molecular weight is 239 g/mol. The van der Waals surface area contributed by atoms with Gasteiger partial charge in [0, 0.05) is 6.04 Å². The molecule has 1 rings (SSSR count). The lowest BCUT2D eigenvalue weighted by molar-refractivity contribution is -0.141. The topological polar surface area (TPSA) is 38.3 Å². The van der Waals surface area contributed by atoms with Gasteiger partial charge in [-0.1, -0.05) is 12.1 Å². The molecule has 0 aromatic heterocycles. The number of nitrogens with one attached hydrogen (secondary N) is 1. The van der Waals surface area contributed by atoms with Crippen molar-refractivity contribution in [3.8, 4) is 0 Å². The third kappa shape index (κ3) is 5.45. The number of esters is 1. The molecule has 0 amide bonds. The molecule has 1 aromatic rings. The lowest BCUT2D eigenvalue weighted by atomic mass is 10.1. The van der Waals surface area contributed by atoms with Crippen molar-refractivity contribution in [1.82, 2.24) is 5.32 Å². The molecule has 17 heavy (non-hydrogen) atoms. The maximum Gasteiger partial charge on any atom is 0.307 e. The van der Waals surface area contributed by atoms with E-state index in [1.54, 1.807) is 12.1 Å². The molecule has 0 fully saturated rings. The molecule has 0 aliphatic heterocycles. The van der Waals surface area contributed by atoms with Crippen LogP contribution < -0.4 is 5.32 Å². The highest BCUT2D eigenvalue weighted by molar-refractivity contribution is 5.69. The Morgan fingerprint density at radius 1 is 1.41 bits per heavy atom. The summed E-state index contributed by atoms with van der Waals surface area (Å²) >= 11 is 0. The summed E-state index contributed by atoms with van der Waals surface area (Å²) in [6.45, 7) is 2.69. The van der Waals surface area contributed by atoms with Crippen LogP contribution in [0.25, 0.3) is 0 Å². The standard InChI is InChI=1S/C13H18FNO2/c1-10(9-13(16)17-2)15-8-7-11-3-5-12(14)6-4-11/h3-6,10,15H,7-9H2,1-2H3/t10-/m1/s1. The van der Waals surface area contributed by atoms with Crippen LogP contribution >= 0.6 is 0 Å². The van der Waals surface area contributed by atoms with Crippen molar-refractivity contribution in [2.24, 2.45) is 0 Å². The van der Waals surface area contributed by atoms with Crippen molar-refractivity contribution < 1.29 is 13.9 Å². The van der Waals surface area contributed by atoms with Gasteiger partial charge in [-0.05, 0) is 37.6 Å². The molecule has 0 bridgehead atoms. The molecule has 0 heterocycles. The minimum absolute atomic E-state index is 0.0860. The largest absolute Gasteiger partial charge is 0.469 e. The SMILES string of the molecule is COC(=O)C[C@@H](C)NCCc1ccc(F)cc1. The summed E-state index contributed by atoms with van der Waals surface area (Å²) in [4.78, 5) is 11.0. The second kappa shape index (κ2) is 7.01. The highest BCUT2D eigenvalue weighted by Crippen LogP contribution is 2.03. The minimum Gasteiger partial charge on any atom is -0.469 e. The van der Waals surface area contributed by atoms with E-state index < -0.39 is 0 Å². The van der Waals surface area contributed by atoms with Gasteiger partial charge < -0.3 is 10.1 Å². The summed E-state index contributed by atoms with van der Waals surface area (Å²) in [5, 5.41) is 3.22. The molecular weight excluding hydrogens is 221 g/mol. The summed E-state index contributed by atoms with van der Waals surface area (Å²) in [7, 11) is 1.38. The Morgan fingerprint density at radius 2 is 2.06 bits per heavy atom. The van der Waals surface area contributed by atoms with Crippen LogP contribution in [0.3, 0.4) is 0 Å². The number of hydrogen-bond donors (Lipinski definition) is 1. The van der Waals surface area contributed by atoms with Gasteiger partial charge in [0.15, 0.2) is 0 Å². The molecule has 0 aliphatic carbocycles. The van der Waals surface area contributed by atoms with Crippen molar-refractivity contribution in [3.05, 3.63) is 35.6 Å². The Labute approximate surface area is 101 Å². The number of halogens is 1. The molecule has 3 nitrogen and oxygen atoms in total. The number of ether oxygens (including phenoxy) is 1. The van der Waals surface area contributed by atoms with E-state index in [2.05, 4.69) is 10.1 Å². The fourth-order valence-electron chi connectivity index (χ4n) is 1.52. The van der Waals surface area contributed by atoms with E-state index in [1.807, 2.05) is 6.92 Å². The number of methoxy groups -OCH3 is 1. The molecule has 94 valence electrons. The molecule has 0 aliphatic rings. The van der Waals surface area contributed by atoms with Gasteiger partial charge in [-0.15, -0.1) is 0 Å². The predicted molar refractivity (Wildman–Crippen MR) is 64.2 cm³/mol. The van der Waals surface area contributed by atoms with Crippen LogP contribution in [0.15, 0.2) is 24.3 Å². The van der Waals surface area contributed by atoms with Crippen LogP contribution in [-0.2, 0) is 16.0 Å². The van der Waals surface area contributed by atoms with E-state index in [4.69, 9.17) is 0 Å². The van der Waals surface area contributed by atoms with E-state index in [-0.39, 0.29) is 17.8 Å². The first-order chi connectivity index (χ1) is 8.11. The van der Waals surface area contributed by atoms with Crippen LogP contribution in [0.5, 0.6) is 0 Å². The normalized spacial score (nSPS) is 12.2. The first-order valence-electron chi connectivity index (χ1n) is 5.66. The molecular formula is C13H18FNO2. The number of carbonyl (C=O) groups excluding carboxylic acids is 1. The van der Waals surface area contributed by atoms with E-state index in [0.29, 0.717) is 6.42 Å². The van der Waals surface area contributed by atoms with Gasteiger partial charge in [0.1, 0.15) is 5.82 Å². The molecule has 4 heteroatoms. The lowest BCUT2D eigenvalue weighted by Gasteiger charge is -2.12. The number of rotatable bonds is 6. The zero-order valence-electron chi connectivity index (χ0n) is 10.2. The van der Waals surface area contributed by atoms with Gasteiger partial charge in [-0.25, -0.2) is 4.39 Å². The quantitative estimate of drug-likeness (QED) is 0.771. The average Bonchev–Trinajstić information content (AvgIpc) is 2.31. The van der Waals surface area contributed by atoms with Crippen LogP contribution in [0, 0.1) is 5.82 Å².